The van der Waals surface area contributed by atoms with Gasteiger partial charge >= 0.3 is 0 Å². The Hall–Kier alpha value is -0.910. The summed E-state index contributed by atoms with van der Waals surface area (Å²) in [6.45, 7) is 8.88. The Bertz CT molecular complexity index is 377. The van der Waals surface area contributed by atoms with Crippen molar-refractivity contribution in [3.8, 4) is 0 Å². The van der Waals surface area contributed by atoms with Crippen molar-refractivity contribution in [1.82, 2.24) is 19.4 Å². The lowest BCUT2D eigenvalue weighted by atomic mass is 10.1. The molecule has 2 heterocycles. The first-order valence-electron chi connectivity index (χ1n) is 6.67. The smallest absolute Gasteiger partial charge is 0.122 e. The van der Waals surface area contributed by atoms with Gasteiger partial charge in [0.15, 0.2) is 0 Å². The standard InChI is InChI=1S/C13H24N4O/c1-11-8-16(6-7-17(11)9-12(2)18)10-13-14-4-5-15(13)3/h4-5,11-12,18H,6-10H2,1-3H3/t11-,12-/m1/s1. The highest BCUT2D eigenvalue weighted by molar-refractivity contribution is 4.92. The topological polar surface area (TPSA) is 44.5 Å². The van der Waals surface area contributed by atoms with Crippen LogP contribution in [0, 0.1) is 0 Å². The van der Waals surface area contributed by atoms with Gasteiger partial charge in [-0.1, -0.05) is 0 Å². The van der Waals surface area contributed by atoms with Gasteiger partial charge in [0.05, 0.1) is 12.6 Å². The number of nitrogens with zero attached hydrogens (tertiary/aromatic N) is 4. The molecule has 0 unspecified atom stereocenters. The van der Waals surface area contributed by atoms with Crippen LogP contribution in [0.25, 0.3) is 0 Å². The third-order valence-corrected chi connectivity index (χ3v) is 3.63. The largest absolute Gasteiger partial charge is 0.392 e. The van der Waals surface area contributed by atoms with E-state index >= 15 is 0 Å². The van der Waals surface area contributed by atoms with Crippen LogP contribution in [0.15, 0.2) is 12.4 Å². The van der Waals surface area contributed by atoms with Gasteiger partial charge in [-0.2, -0.15) is 0 Å². The summed E-state index contributed by atoms with van der Waals surface area (Å²) in [6.07, 6.45) is 3.60. The molecule has 0 spiro atoms. The fraction of sp³-hybridized carbons (Fsp3) is 0.769. The summed E-state index contributed by atoms with van der Waals surface area (Å²) in [4.78, 5) is 9.17. The summed E-state index contributed by atoms with van der Waals surface area (Å²) >= 11 is 0. The number of aryl methyl sites for hydroxylation is 1. The maximum atomic E-state index is 9.46. The zero-order chi connectivity index (χ0) is 13.1. The molecule has 102 valence electrons. The highest BCUT2D eigenvalue weighted by atomic mass is 16.3. The van der Waals surface area contributed by atoms with Crippen LogP contribution in [0.5, 0.6) is 0 Å². The van der Waals surface area contributed by atoms with Gasteiger partial charge in [-0.05, 0) is 13.8 Å². The molecule has 0 aromatic carbocycles. The molecule has 0 aliphatic carbocycles. The van der Waals surface area contributed by atoms with Crippen LogP contribution in [0.1, 0.15) is 19.7 Å². The molecule has 1 aromatic rings. The van der Waals surface area contributed by atoms with E-state index in [1.807, 2.05) is 26.4 Å². The van der Waals surface area contributed by atoms with Crippen molar-refractivity contribution in [2.75, 3.05) is 26.2 Å². The van der Waals surface area contributed by atoms with Gasteiger partial charge in [0, 0.05) is 51.7 Å². The molecule has 18 heavy (non-hydrogen) atoms. The van der Waals surface area contributed by atoms with E-state index in [0.717, 1.165) is 38.5 Å². The predicted molar refractivity (Wildman–Crippen MR) is 71.2 cm³/mol. The Labute approximate surface area is 109 Å². The average Bonchev–Trinajstić information content (AvgIpc) is 2.68. The second-order valence-electron chi connectivity index (χ2n) is 5.38. The van der Waals surface area contributed by atoms with Crippen molar-refractivity contribution in [2.45, 2.75) is 32.5 Å². The van der Waals surface area contributed by atoms with Gasteiger partial charge < -0.3 is 9.67 Å². The van der Waals surface area contributed by atoms with E-state index in [-0.39, 0.29) is 6.10 Å². The third kappa shape index (κ3) is 3.31. The van der Waals surface area contributed by atoms with E-state index in [9.17, 15) is 5.11 Å². The summed E-state index contributed by atoms with van der Waals surface area (Å²) in [6, 6.07) is 0.494. The number of piperazine rings is 1. The summed E-state index contributed by atoms with van der Waals surface area (Å²) in [5.41, 5.74) is 0. The lowest BCUT2D eigenvalue weighted by Gasteiger charge is -2.40. The van der Waals surface area contributed by atoms with Crippen molar-refractivity contribution in [2.24, 2.45) is 7.05 Å². The minimum Gasteiger partial charge on any atom is -0.392 e. The fourth-order valence-corrected chi connectivity index (χ4v) is 2.57. The van der Waals surface area contributed by atoms with Gasteiger partial charge in [0.1, 0.15) is 5.82 Å². The number of β-amino-alcohol motifs (C(OH)–C–C–N with tert-alkyl or cyclic N) is 1. The van der Waals surface area contributed by atoms with Crippen molar-refractivity contribution in [3.05, 3.63) is 18.2 Å². The van der Waals surface area contributed by atoms with Crippen molar-refractivity contribution < 1.29 is 5.11 Å². The zero-order valence-corrected chi connectivity index (χ0v) is 11.6. The fourth-order valence-electron chi connectivity index (χ4n) is 2.57. The third-order valence-electron chi connectivity index (χ3n) is 3.63. The number of aromatic nitrogens is 2. The first-order valence-corrected chi connectivity index (χ1v) is 6.67. The normalized spacial score (nSPS) is 24.3. The molecule has 5 nitrogen and oxygen atoms in total. The van der Waals surface area contributed by atoms with E-state index < -0.39 is 0 Å². The number of aliphatic hydroxyl groups is 1. The summed E-state index contributed by atoms with van der Waals surface area (Å²) in [7, 11) is 2.04. The van der Waals surface area contributed by atoms with Gasteiger partial charge in [0.25, 0.3) is 0 Å². The minimum atomic E-state index is -0.242. The molecular weight excluding hydrogens is 228 g/mol. The van der Waals surface area contributed by atoms with Crippen LogP contribution in [0.3, 0.4) is 0 Å². The highest BCUT2D eigenvalue weighted by Crippen LogP contribution is 2.12. The monoisotopic (exact) mass is 252 g/mol. The van der Waals surface area contributed by atoms with Crippen LogP contribution >= 0.6 is 0 Å². The maximum absolute atomic E-state index is 9.46. The second-order valence-corrected chi connectivity index (χ2v) is 5.38. The highest BCUT2D eigenvalue weighted by Gasteiger charge is 2.24. The lowest BCUT2D eigenvalue weighted by molar-refractivity contribution is 0.0411. The van der Waals surface area contributed by atoms with Crippen LogP contribution < -0.4 is 0 Å². The molecule has 1 aliphatic heterocycles. The number of imidazole rings is 1. The molecule has 2 rings (SSSR count). The molecule has 2 atom stereocenters. The molecule has 1 saturated heterocycles. The number of rotatable bonds is 4. The summed E-state index contributed by atoms with van der Waals surface area (Å²) in [5, 5.41) is 9.46. The van der Waals surface area contributed by atoms with Crippen molar-refractivity contribution in [1.29, 1.82) is 0 Å². The molecule has 1 aromatic heterocycles. The Kier molecular flexibility index (Phi) is 4.37. The van der Waals surface area contributed by atoms with E-state index in [1.165, 1.54) is 0 Å². The van der Waals surface area contributed by atoms with Gasteiger partial charge in [-0.3, -0.25) is 9.80 Å². The molecular formula is C13H24N4O. The SMILES string of the molecule is C[C@@H]1CN(Cc2nccn2C)CCN1C[C@@H](C)O. The van der Waals surface area contributed by atoms with Gasteiger partial charge in [0.2, 0.25) is 0 Å². The first kappa shape index (κ1) is 13.5. The van der Waals surface area contributed by atoms with Crippen LogP contribution in [0.4, 0.5) is 0 Å². The van der Waals surface area contributed by atoms with E-state index in [2.05, 4.69) is 26.3 Å². The molecule has 1 N–H and O–H groups in total. The van der Waals surface area contributed by atoms with Gasteiger partial charge in [-0.15, -0.1) is 0 Å². The molecule has 0 bridgehead atoms. The first-order chi connectivity index (χ1) is 8.56. The van der Waals surface area contributed by atoms with Crippen molar-refractivity contribution >= 4 is 0 Å². The molecule has 5 heteroatoms. The van der Waals surface area contributed by atoms with Crippen molar-refractivity contribution in [3.63, 3.8) is 0 Å². The van der Waals surface area contributed by atoms with Crippen LogP contribution in [-0.4, -0.2) is 62.8 Å². The zero-order valence-electron chi connectivity index (χ0n) is 11.6. The molecule has 1 aliphatic rings. The Balaban J connectivity index is 1.86. The molecule has 0 amide bonds. The molecule has 0 saturated carbocycles. The quantitative estimate of drug-likeness (QED) is 0.837. The van der Waals surface area contributed by atoms with E-state index in [4.69, 9.17) is 0 Å². The Morgan fingerprint density at radius 1 is 1.50 bits per heavy atom. The summed E-state index contributed by atoms with van der Waals surface area (Å²) < 4.78 is 2.08. The number of hydrogen-bond acceptors (Lipinski definition) is 4. The maximum Gasteiger partial charge on any atom is 0.122 e. The Morgan fingerprint density at radius 2 is 2.28 bits per heavy atom. The lowest BCUT2D eigenvalue weighted by Crippen LogP contribution is -2.53. The minimum absolute atomic E-state index is 0.242. The number of hydrogen-bond donors (Lipinski definition) is 1. The summed E-state index contributed by atoms with van der Waals surface area (Å²) in [5.74, 6) is 1.12. The van der Waals surface area contributed by atoms with E-state index in [0.29, 0.717) is 6.04 Å². The van der Waals surface area contributed by atoms with Crippen LogP contribution in [0.2, 0.25) is 0 Å². The van der Waals surface area contributed by atoms with Crippen LogP contribution in [-0.2, 0) is 13.6 Å². The average molecular weight is 252 g/mol. The van der Waals surface area contributed by atoms with Gasteiger partial charge in [-0.25, -0.2) is 4.98 Å². The molecule has 0 radical (unpaired) electrons. The predicted octanol–water partition coefficient (Wildman–Crippen LogP) is 0.307. The molecule has 1 fully saturated rings. The van der Waals surface area contributed by atoms with E-state index in [1.54, 1.807) is 0 Å². The number of aliphatic hydroxyl groups excluding tert-OH is 1. The Morgan fingerprint density at radius 3 is 2.83 bits per heavy atom. The second kappa shape index (κ2) is 5.82.